The second-order valence-corrected chi connectivity index (χ2v) is 3.02. The van der Waals surface area contributed by atoms with Gasteiger partial charge in [-0.05, 0) is 0 Å². The number of carbonyl (C=O) groups excluding carboxylic acids is 1. The van der Waals surface area contributed by atoms with Gasteiger partial charge in [0.1, 0.15) is 5.76 Å². The summed E-state index contributed by atoms with van der Waals surface area (Å²) in [6.45, 7) is 1.65. The van der Waals surface area contributed by atoms with Crippen molar-refractivity contribution in [1.82, 2.24) is 0 Å². The summed E-state index contributed by atoms with van der Waals surface area (Å²) in [5.41, 5.74) is 0. The Morgan fingerprint density at radius 3 is 2.27 bits per heavy atom. The molecule has 0 radical (unpaired) electrons. The lowest BCUT2D eigenvalue weighted by Gasteiger charge is -2.22. The average Bonchev–Trinajstić information content (AvgIpc) is 2.26. The van der Waals surface area contributed by atoms with Crippen molar-refractivity contribution in [2.45, 2.75) is 13.0 Å². The predicted molar refractivity (Wildman–Crippen MR) is 54.2 cm³/mol. The van der Waals surface area contributed by atoms with Crippen molar-refractivity contribution in [3.8, 4) is 0 Å². The van der Waals surface area contributed by atoms with Crippen LogP contribution in [0, 0.1) is 5.92 Å². The first-order valence-electron chi connectivity index (χ1n) is 4.57. The molecule has 0 amide bonds. The van der Waals surface area contributed by atoms with E-state index in [1.807, 2.05) is 0 Å². The number of hydrogen-bond donors (Lipinski definition) is 1. The van der Waals surface area contributed by atoms with Gasteiger partial charge in [0.15, 0.2) is 0 Å². The molecule has 0 bridgehead atoms. The minimum Gasteiger partial charge on any atom is -0.500 e. The van der Waals surface area contributed by atoms with Gasteiger partial charge in [-0.15, -0.1) is 0 Å². The van der Waals surface area contributed by atoms with E-state index < -0.39 is 12.1 Å². The highest BCUT2D eigenvalue weighted by Crippen LogP contribution is 2.17. The average molecular weight is 218 g/mol. The second-order valence-electron chi connectivity index (χ2n) is 3.02. The molecule has 5 heteroatoms. The van der Waals surface area contributed by atoms with Crippen LogP contribution in [0.15, 0.2) is 11.8 Å². The molecule has 0 aliphatic heterocycles. The molecule has 0 heterocycles. The molecule has 2 unspecified atom stereocenters. The molecule has 0 spiro atoms. The van der Waals surface area contributed by atoms with E-state index in [0.29, 0.717) is 5.76 Å². The Labute approximate surface area is 89.6 Å². The lowest BCUT2D eigenvalue weighted by molar-refractivity contribution is -0.135. The summed E-state index contributed by atoms with van der Waals surface area (Å²) >= 11 is 0. The normalized spacial score (nSPS) is 15.7. The first-order valence-corrected chi connectivity index (χ1v) is 4.57. The zero-order chi connectivity index (χ0) is 11.8. The molecule has 0 aromatic heterocycles. The molecule has 0 aromatic rings. The highest BCUT2D eigenvalue weighted by Gasteiger charge is 2.21. The summed E-state index contributed by atoms with van der Waals surface area (Å²) in [7, 11) is 4.23. The van der Waals surface area contributed by atoms with Crippen LogP contribution in [0.4, 0.5) is 0 Å². The largest absolute Gasteiger partial charge is 0.500 e. The van der Waals surface area contributed by atoms with E-state index in [9.17, 15) is 4.79 Å². The monoisotopic (exact) mass is 218 g/mol. The standard InChI is InChI=1S/C10H18O5/c1-7(9(6-11)14-3)8(13-2)5-10(12)15-4/h5,7,9,11H,6H2,1-4H3. The highest BCUT2D eigenvalue weighted by molar-refractivity contribution is 5.82. The quantitative estimate of drug-likeness (QED) is 0.395. The maximum absolute atomic E-state index is 11.0. The molecule has 0 saturated carbocycles. The van der Waals surface area contributed by atoms with Gasteiger partial charge in [-0.1, -0.05) is 6.92 Å². The van der Waals surface area contributed by atoms with Crippen LogP contribution in [0.25, 0.3) is 0 Å². The number of aliphatic hydroxyl groups excluding tert-OH is 1. The SMILES string of the molecule is COC(=O)C=C(OC)C(C)C(CO)OC. The van der Waals surface area contributed by atoms with Crippen LogP contribution in [-0.4, -0.2) is 45.1 Å². The lowest BCUT2D eigenvalue weighted by Crippen LogP contribution is -2.27. The van der Waals surface area contributed by atoms with E-state index in [-0.39, 0.29) is 12.5 Å². The first-order chi connectivity index (χ1) is 7.10. The molecule has 15 heavy (non-hydrogen) atoms. The van der Waals surface area contributed by atoms with Gasteiger partial charge in [-0.3, -0.25) is 0 Å². The molecule has 0 aliphatic carbocycles. The fraction of sp³-hybridized carbons (Fsp3) is 0.700. The van der Waals surface area contributed by atoms with Crippen LogP contribution >= 0.6 is 0 Å². The Kier molecular flexibility index (Phi) is 6.73. The van der Waals surface area contributed by atoms with Gasteiger partial charge in [-0.2, -0.15) is 0 Å². The Hall–Kier alpha value is -1.07. The van der Waals surface area contributed by atoms with Crippen molar-refractivity contribution in [1.29, 1.82) is 0 Å². The van der Waals surface area contributed by atoms with Crippen molar-refractivity contribution in [2.75, 3.05) is 27.9 Å². The van der Waals surface area contributed by atoms with E-state index >= 15 is 0 Å². The molecule has 5 nitrogen and oxygen atoms in total. The number of hydrogen-bond acceptors (Lipinski definition) is 5. The van der Waals surface area contributed by atoms with Crippen LogP contribution in [0.3, 0.4) is 0 Å². The molecule has 88 valence electrons. The maximum Gasteiger partial charge on any atom is 0.333 e. The smallest absolute Gasteiger partial charge is 0.333 e. The topological polar surface area (TPSA) is 65.0 Å². The van der Waals surface area contributed by atoms with Crippen molar-refractivity contribution in [3.63, 3.8) is 0 Å². The summed E-state index contributed by atoms with van der Waals surface area (Å²) in [6.07, 6.45) is 0.840. The Bertz CT molecular complexity index is 220. The molecule has 0 fully saturated rings. The summed E-state index contributed by atoms with van der Waals surface area (Å²) in [5.74, 6) is -0.293. The van der Waals surface area contributed by atoms with Gasteiger partial charge in [0.25, 0.3) is 0 Å². The zero-order valence-electron chi connectivity index (χ0n) is 9.52. The first kappa shape index (κ1) is 13.9. The van der Waals surface area contributed by atoms with Gasteiger partial charge in [-0.25, -0.2) is 4.79 Å². The van der Waals surface area contributed by atoms with Gasteiger partial charge < -0.3 is 19.3 Å². The van der Waals surface area contributed by atoms with Gasteiger partial charge in [0.2, 0.25) is 0 Å². The van der Waals surface area contributed by atoms with Crippen molar-refractivity contribution >= 4 is 5.97 Å². The summed E-state index contributed by atoms with van der Waals surface area (Å²) in [6, 6.07) is 0. The van der Waals surface area contributed by atoms with E-state index in [2.05, 4.69) is 4.74 Å². The van der Waals surface area contributed by atoms with Crippen LogP contribution in [0.5, 0.6) is 0 Å². The number of carbonyl (C=O) groups is 1. The van der Waals surface area contributed by atoms with E-state index in [1.165, 1.54) is 27.4 Å². The Morgan fingerprint density at radius 2 is 1.93 bits per heavy atom. The minimum absolute atomic E-state index is 0.139. The van der Waals surface area contributed by atoms with Crippen LogP contribution in [0.1, 0.15) is 6.92 Å². The Balaban J connectivity index is 4.65. The minimum atomic E-state index is -0.494. The van der Waals surface area contributed by atoms with Crippen LogP contribution < -0.4 is 0 Å². The lowest BCUT2D eigenvalue weighted by atomic mass is 10.0. The highest BCUT2D eigenvalue weighted by atomic mass is 16.5. The number of methoxy groups -OCH3 is 3. The van der Waals surface area contributed by atoms with E-state index in [1.54, 1.807) is 6.92 Å². The number of aliphatic hydroxyl groups is 1. The second kappa shape index (κ2) is 7.25. The molecule has 2 atom stereocenters. The third-order valence-electron chi connectivity index (χ3n) is 2.19. The maximum atomic E-state index is 11.0. The van der Waals surface area contributed by atoms with Gasteiger partial charge >= 0.3 is 5.97 Å². The van der Waals surface area contributed by atoms with Crippen molar-refractivity contribution in [2.24, 2.45) is 5.92 Å². The number of esters is 1. The van der Waals surface area contributed by atoms with Crippen LogP contribution in [0.2, 0.25) is 0 Å². The number of rotatable bonds is 6. The molecular weight excluding hydrogens is 200 g/mol. The fourth-order valence-electron chi connectivity index (χ4n) is 1.17. The Morgan fingerprint density at radius 1 is 1.33 bits per heavy atom. The van der Waals surface area contributed by atoms with Gasteiger partial charge in [0.05, 0.1) is 33.0 Å². The molecule has 0 aliphatic rings. The molecule has 0 saturated heterocycles. The molecule has 1 N–H and O–H groups in total. The fourth-order valence-corrected chi connectivity index (χ4v) is 1.17. The molecule has 0 aromatic carbocycles. The molecular formula is C10H18O5. The molecule has 0 rings (SSSR count). The van der Waals surface area contributed by atoms with E-state index in [4.69, 9.17) is 14.6 Å². The van der Waals surface area contributed by atoms with Crippen molar-refractivity contribution < 1.29 is 24.1 Å². The summed E-state index contributed by atoms with van der Waals surface area (Å²) < 4.78 is 14.6. The third-order valence-corrected chi connectivity index (χ3v) is 2.19. The summed E-state index contributed by atoms with van der Waals surface area (Å²) in [5, 5.41) is 9.01. The summed E-state index contributed by atoms with van der Waals surface area (Å²) in [4.78, 5) is 11.0. The predicted octanol–water partition coefficient (Wildman–Crippen LogP) is 0.333. The van der Waals surface area contributed by atoms with Crippen LogP contribution in [-0.2, 0) is 19.0 Å². The van der Waals surface area contributed by atoms with Gasteiger partial charge in [0, 0.05) is 13.0 Å². The van der Waals surface area contributed by atoms with E-state index in [0.717, 1.165) is 0 Å². The number of ether oxygens (including phenoxy) is 3. The van der Waals surface area contributed by atoms with Crippen molar-refractivity contribution in [3.05, 3.63) is 11.8 Å². The third kappa shape index (κ3) is 4.31. The zero-order valence-corrected chi connectivity index (χ0v) is 9.52.